The molecule has 92 valence electrons. The first-order valence-electron chi connectivity index (χ1n) is 5.45. The maximum absolute atomic E-state index is 9.64. The molecule has 3 saturated heterocycles. The summed E-state index contributed by atoms with van der Waals surface area (Å²) >= 11 is 0. The summed E-state index contributed by atoms with van der Waals surface area (Å²) in [5.74, 6) is -0.601. The summed E-state index contributed by atoms with van der Waals surface area (Å²) in [7, 11) is 0. The molecule has 1 unspecified atom stereocenters. The van der Waals surface area contributed by atoms with Crippen molar-refractivity contribution in [1.29, 1.82) is 0 Å². The first kappa shape index (κ1) is 10.9. The largest absolute Gasteiger partial charge is 0.366 e. The fourth-order valence-corrected chi connectivity index (χ4v) is 2.40. The molecule has 3 rings (SSSR count). The number of rotatable bonds is 1. The van der Waals surface area contributed by atoms with Crippen LogP contribution in [0.1, 0.15) is 13.8 Å². The van der Waals surface area contributed by atoms with Crippen molar-refractivity contribution in [3.8, 4) is 0 Å². The van der Waals surface area contributed by atoms with Crippen molar-refractivity contribution in [3.63, 3.8) is 0 Å². The Bertz CT molecular complexity index is 280. The molecule has 3 fully saturated rings. The van der Waals surface area contributed by atoms with E-state index in [-0.39, 0.29) is 25.1 Å². The topological polar surface area (TPSA) is 66.4 Å². The molecule has 0 bridgehead atoms. The zero-order chi connectivity index (χ0) is 11.3. The van der Waals surface area contributed by atoms with Crippen LogP contribution < -0.4 is 0 Å². The first-order valence-corrected chi connectivity index (χ1v) is 5.45. The lowest BCUT2D eigenvalue weighted by Gasteiger charge is -2.22. The van der Waals surface area contributed by atoms with Gasteiger partial charge in [0.15, 0.2) is 12.1 Å². The van der Waals surface area contributed by atoms with E-state index < -0.39 is 18.2 Å². The molecule has 16 heavy (non-hydrogen) atoms. The average molecular weight is 232 g/mol. The lowest BCUT2D eigenvalue weighted by Crippen LogP contribution is -2.39. The molecule has 0 aromatic carbocycles. The van der Waals surface area contributed by atoms with Crippen molar-refractivity contribution < 1.29 is 28.8 Å². The number of ether oxygens (including phenoxy) is 5. The van der Waals surface area contributed by atoms with E-state index in [2.05, 4.69) is 0 Å². The van der Waals surface area contributed by atoms with Gasteiger partial charge in [-0.3, -0.25) is 0 Å². The SMILES string of the molecule is CC1(C)OCC([C@H]2O[C@@H](O)[C@@H]3OCO[C@@H]32)O1. The van der Waals surface area contributed by atoms with Crippen LogP contribution in [0.3, 0.4) is 0 Å². The van der Waals surface area contributed by atoms with Crippen LogP contribution in [0.2, 0.25) is 0 Å². The second-order valence-electron chi connectivity index (χ2n) is 4.74. The van der Waals surface area contributed by atoms with Crippen LogP contribution in [-0.2, 0) is 23.7 Å². The molecule has 0 aromatic rings. The molecule has 1 N–H and O–H groups in total. The molecule has 0 spiro atoms. The van der Waals surface area contributed by atoms with Crippen molar-refractivity contribution in [2.45, 2.75) is 50.3 Å². The van der Waals surface area contributed by atoms with Crippen molar-refractivity contribution in [3.05, 3.63) is 0 Å². The van der Waals surface area contributed by atoms with Gasteiger partial charge in [-0.05, 0) is 13.8 Å². The maximum Gasteiger partial charge on any atom is 0.184 e. The third-order valence-corrected chi connectivity index (χ3v) is 3.14. The summed E-state index contributed by atoms with van der Waals surface area (Å²) in [4.78, 5) is 0. The fourth-order valence-electron chi connectivity index (χ4n) is 2.40. The second kappa shape index (κ2) is 3.63. The highest BCUT2D eigenvalue weighted by atomic mass is 16.8. The summed E-state index contributed by atoms with van der Waals surface area (Å²) < 4.78 is 27.2. The highest BCUT2D eigenvalue weighted by Crippen LogP contribution is 2.36. The Morgan fingerprint density at radius 1 is 1.12 bits per heavy atom. The van der Waals surface area contributed by atoms with E-state index in [1.807, 2.05) is 13.8 Å². The van der Waals surface area contributed by atoms with Gasteiger partial charge in [-0.2, -0.15) is 0 Å². The smallest absolute Gasteiger partial charge is 0.184 e. The molecule has 0 aromatic heterocycles. The number of hydrogen-bond donors (Lipinski definition) is 1. The zero-order valence-electron chi connectivity index (χ0n) is 9.29. The molecule has 0 saturated carbocycles. The summed E-state index contributed by atoms with van der Waals surface area (Å²) in [6, 6.07) is 0. The van der Waals surface area contributed by atoms with E-state index in [1.165, 1.54) is 0 Å². The van der Waals surface area contributed by atoms with Gasteiger partial charge in [0.2, 0.25) is 0 Å². The van der Waals surface area contributed by atoms with Crippen molar-refractivity contribution >= 4 is 0 Å². The van der Waals surface area contributed by atoms with Gasteiger partial charge in [-0.15, -0.1) is 0 Å². The van der Waals surface area contributed by atoms with E-state index in [1.54, 1.807) is 0 Å². The van der Waals surface area contributed by atoms with Gasteiger partial charge in [0, 0.05) is 0 Å². The minimum Gasteiger partial charge on any atom is -0.366 e. The molecular formula is C10H16O6. The lowest BCUT2D eigenvalue weighted by molar-refractivity contribution is -0.194. The third-order valence-electron chi connectivity index (χ3n) is 3.14. The average Bonchev–Trinajstić information content (AvgIpc) is 2.84. The molecule has 0 amide bonds. The summed E-state index contributed by atoms with van der Waals surface area (Å²) in [5.41, 5.74) is 0. The Morgan fingerprint density at radius 2 is 1.88 bits per heavy atom. The Labute approximate surface area is 93.4 Å². The van der Waals surface area contributed by atoms with E-state index in [0.29, 0.717) is 6.61 Å². The van der Waals surface area contributed by atoms with Crippen LogP contribution in [0, 0.1) is 0 Å². The predicted octanol–water partition coefficient (Wildman–Crippen LogP) is -0.403. The molecule has 6 heteroatoms. The van der Waals surface area contributed by atoms with Crippen LogP contribution in [0.5, 0.6) is 0 Å². The Hall–Kier alpha value is -0.240. The van der Waals surface area contributed by atoms with Gasteiger partial charge in [0.1, 0.15) is 31.2 Å². The minimum absolute atomic E-state index is 0.198. The number of aliphatic hydroxyl groups is 1. The molecule has 3 heterocycles. The lowest BCUT2D eigenvalue weighted by atomic mass is 10.1. The van der Waals surface area contributed by atoms with E-state index in [0.717, 1.165) is 0 Å². The quantitative estimate of drug-likeness (QED) is 0.663. The summed E-state index contributed by atoms with van der Waals surface area (Å²) in [6.45, 7) is 4.34. The highest BCUT2D eigenvalue weighted by molar-refractivity contribution is 4.96. The summed E-state index contributed by atoms with van der Waals surface area (Å²) in [5, 5.41) is 9.64. The number of fused-ring (bicyclic) bond motifs is 1. The molecular weight excluding hydrogens is 216 g/mol. The predicted molar refractivity (Wildman–Crippen MR) is 50.4 cm³/mol. The maximum atomic E-state index is 9.64. The normalized spacial score (nSPS) is 50.8. The monoisotopic (exact) mass is 232 g/mol. The van der Waals surface area contributed by atoms with Gasteiger partial charge in [0.25, 0.3) is 0 Å². The Balaban J connectivity index is 1.72. The minimum atomic E-state index is -0.940. The Morgan fingerprint density at radius 3 is 2.56 bits per heavy atom. The van der Waals surface area contributed by atoms with Gasteiger partial charge in [0.05, 0.1) is 6.61 Å². The molecule has 0 radical (unpaired) electrons. The van der Waals surface area contributed by atoms with E-state index in [9.17, 15) is 5.11 Å². The van der Waals surface area contributed by atoms with Crippen LogP contribution in [-0.4, -0.2) is 55.0 Å². The first-order chi connectivity index (χ1) is 7.57. The molecule has 6 nitrogen and oxygen atoms in total. The van der Waals surface area contributed by atoms with Gasteiger partial charge < -0.3 is 28.8 Å². The highest BCUT2D eigenvalue weighted by Gasteiger charge is 2.54. The standard InChI is InChI=1S/C10H16O6/c1-10(2)14-3-5(16-10)6-7-8(9(11)15-6)13-4-12-7/h5-9,11H,3-4H2,1-2H3/t5?,6-,7-,8-,9-/m1/s1. The van der Waals surface area contributed by atoms with Gasteiger partial charge in [-0.25, -0.2) is 0 Å². The van der Waals surface area contributed by atoms with Crippen molar-refractivity contribution in [2.75, 3.05) is 13.4 Å². The molecule has 3 aliphatic rings. The van der Waals surface area contributed by atoms with Crippen LogP contribution in [0.15, 0.2) is 0 Å². The van der Waals surface area contributed by atoms with Crippen molar-refractivity contribution in [2.24, 2.45) is 0 Å². The Kier molecular flexibility index (Phi) is 2.47. The number of hydrogen-bond acceptors (Lipinski definition) is 6. The number of aliphatic hydroxyl groups excluding tert-OH is 1. The van der Waals surface area contributed by atoms with Crippen LogP contribution in [0.4, 0.5) is 0 Å². The third kappa shape index (κ3) is 1.66. The summed E-state index contributed by atoms with van der Waals surface area (Å²) in [6.07, 6.45) is -2.16. The van der Waals surface area contributed by atoms with Crippen LogP contribution >= 0.6 is 0 Å². The molecule has 5 atom stereocenters. The molecule has 3 aliphatic heterocycles. The van der Waals surface area contributed by atoms with E-state index >= 15 is 0 Å². The fraction of sp³-hybridized carbons (Fsp3) is 1.00. The van der Waals surface area contributed by atoms with Crippen LogP contribution in [0.25, 0.3) is 0 Å². The van der Waals surface area contributed by atoms with Crippen molar-refractivity contribution in [1.82, 2.24) is 0 Å². The van der Waals surface area contributed by atoms with E-state index in [4.69, 9.17) is 23.7 Å². The second-order valence-corrected chi connectivity index (χ2v) is 4.74. The van der Waals surface area contributed by atoms with Gasteiger partial charge >= 0.3 is 0 Å². The van der Waals surface area contributed by atoms with Gasteiger partial charge in [-0.1, -0.05) is 0 Å². The molecule has 0 aliphatic carbocycles. The zero-order valence-corrected chi connectivity index (χ0v) is 9.29.